The van der Waals surface area contributed by atoms with Gasteiger partial charge >= 0.3 is 0 Å². The number of aryl methyl sites for hydroxylation is 1. The van der Waals surface area contributed by atoms with Crippen molar-refractivity contribution in [3.8, 4) is 0 Å². The van der Waals surface area contributed by atoms with E-state index in [1.54, 1.807) is 6.92 Å². The predicted octanol–water partition coefficient (Wildman–Crippen LogP) is 4.45. The second-order valence-electron chi connectivity index (χ2n) is 4.57. The molecule has 0 amide bonds. The third kappa shape index (κ3) is 2.78. The third-order valence-corrected chi connectivity index (χ3v) is 3.01. The minimum Gasteiger partial charge on any atom is -0.207 e. The van der Waals surface area contributed by atoms with E-state index in [1.807, 2.05) is 0 Å². The summed E-state index contributed by atoms with van der Waals surface area (Å²) in [5, 5.41) is 0. The van der Waals surface area contributed by atoms with Crippen LogP contribution < -0.4 is 0 Å². The molecule has 2 rings (SSSR count). The standard InChI is InChI=1S/C15H12F4/c1-8-3-14(18)11(15(19)4-8)5-10-6-12(16)9(2)13(17)7-10/h3-4,6-7H,5H2,1-2H3. The minimum absolute atomic E-state index is 0.103. The Bertz CT molecular complexity index is 586. The Balaban J connectivity index is 2.42. The van der Waals surface area contributed by atoms with Gasteiger partial charge in [0.15, 0.2) is 0 Å². The van der Waals surface area contributed by atoms with Crippen LogP contribution in [0.1, 0.15) is 22.3 Å². The Kier molecular flexibility index (Phi) is 3.60. The van der Waals surface area contributed by atoms with Gasteiger partial charge in [-0.05, 0) is 49.2 Å². The highest BCUT2D eigenvalue weighted by Crippen LogP contribution is 2.21. The van der Waals surface area contributed by atoms with Crippen LogP contribution in [0, 0.1) is 37.1 Å². The van der Waals surface area contributed by atoms with Crippen molar-refractivity contribution >= 4 is 0 Å². The first kappa shape index (κ1) is 13.6. The fraction of sp³-hybridized carbons (Fsp3) is 0.200. The topological polar surface area (TPSA) is 0 Å². The molecule has 100 valence electrons. The third-order valence-electron chi connectivity index (χ3n) is 3.01. The molecule has 0 radical (unpaired) electrons. The Labute approximate surface area is 108 Å². The molecule has 2 aromatic rings. The lowest BCUT2D eigenvalue weighted by Gasteiger charge is -2.08. The monoisotopic (exact) mass is 268 g/mol. The molecule has 0 nitrogen and oxygen atoms in total. The molecule has 0 aliphatic rings. The van der Waals surface area contributed by atoms with Crippen molar-refractivity contribution in [2.24, 2.45) is 0 Å². The minimum atomic E-state index is -0.720. The number of hydrogen-bond acceptors (Lipinski definition) is 0. The van der Waals surface area contributed by atoms with Crippen LogP contribution in [0.2, 0.25) is 0 Å². The number of rotatable bonds is 2. The summed E-state index contributed by atoms with van der Waals surface area (Å²) in [5.74, 6) is -2.86. The van der Waals surface area contributed by atoms with E-state index in [2.05, 4.69) is 0 Å². The molecule has 0 unspecified atom stereocenters. The zero-order chi connectivity index (χ0) is 14.2. The van der Waals surface area contributed by atoms with Gasteiger partial charge in [0.25, 0.3) is 0 Å². The summed E-state index contributed by atoms with van der Waals surface area (Å²) in [6, 6.07) is 4.58. The lowest BCUT2D eigenvalue weighted by atomic mass is 10.0. The highest BCUT2D eigenvalue weighted by Gasteiger charge is 2.13. The summed E-state index contributed by atoms with van der Waals surface area (Å²) < 4.78 is 54.1. The largest absolute Gasteiger partial charge is 0.207 e. The van der Waals surface area contributed by atoms with Gasteiger partial charge in [0, 0.05) is 17.5 Å². The highest BCUT2D eigenvalue weighted by atomic mass is 19.1. The Morgan fingerprint density at radius 3 is 1.68 bits per heavy atom. The van der Waals surface area contributed by atoms with E-state index in [0.29, 0.717) is 5.56 Å². The fourth-order valence-corrected chi connectivity index (χ4v) is 1.90. The van der Waals surface area contributed by atoms with E-state index >= 15 is 0 Å². The summed E-state index contributed by atoms with van der Waals surface area (Å²) in [6.45, 7) is 2.88. The van der Waals surface area contributed by atoms with Crippen molar-refractivity contribution in [3.63, 3.8) is 0 Å². The summed E-state index contributed by atoms with van der Waals surface area (Å²) in [4.78, 5) is 0. The van der Waals surface area contributed by atoms with E-state index in [9.17, 15) is 17.6 Å². The Hall–Kier alpha value is -1.84. The SMILES string of the molecule is Cc1cc(F)c(Cc2cc(F)c(C)c(F)c2)c(F)c1. The van der Waals surface area contributed by atoms with Gasteiger partial charge in [0.1, 0.15) is 23.3 Å². The molecule has 4 heteroatoms. The van der Waals surface area contributed by atoms with Gasteiger partial charge in [-0.2, -0.15) is 0 Å². The average Bonchev–Trinajstić information content (AvgIpc) is 2.30. The van der Waals surface area contributed by atoms with Gasteiger partial charge < -0.3 is 0 Å². The second kappa shape index (κ2) is 5.03. The molecular weight excluding hydrogens is 256 g/mol. The number of halogens is 4. The molecule has 0 heterocycles. The van der Waals surface area contributed by atoms with Gasteiger partial charge in [-0.15, -0.1) is 0 Å². The molecule has 0 aliphatic heterocycles. The smallest absolute Gasteiger partial charge is 0.129 e. The average molecular weight is 268 g/mol. The summed E-state index contributed by atoms with van der Waals surface area (Å²) in [5.41, 5.74) is 0.365. The van der Waals surface area contributed by atoms with Crippen LogP contribution in [0.15, 0.2) is 24.3 Å². The number of benzene rings is 2. The van der Waals surface area contributed by atoms with E-state index < -0.39 is 23.3 Å². The second-order valence-corrected chi connectivity index (χ2v) is 4.57. The quantitative estimate of drug-likeness (QED) is 0.706. The highest BCUT2D eigenvalue weighted by molar-refractivity contribution is 5.33. The van der Waals surface area contributed by atoms with Gasteiger partial charge in [0.05, 0.1) is 0 Å². The van der Waals surface area contributed by atoms with E-state index in [4.69, 9.17) is 0 Å². The predicted molar refractivity (Wildman–Crippen MR) is 65.0 cm³/mol. The molecule has 0 N–H and O–H groups in total. The van der Waals surface area contributed by atoms with Crippen LogP contribution in [-0.2, 0) is 6.42 Å². The van der Waals surface area contributed by atoms with Crippen LogP contribution >= 0.6 is 0 Å². The number of hydrogen-bond donors (Lipinski definition) is 0. The molecular formula is C15H12F4. The first-order valence-corrected chi connectivity index (χ1v) is 5.77. The molecule has 0 aliphatic carbocycles. The molecule has 0 aromatic heterocycles. The van der Waals surface area contributed by atoms with Crippen molar-refractivity contribution in [3.05, 3.63) is 69.8 Å². The zero-order valence-corrected chi connectivity index (χ0v) is 10.5. The van der Waals surface area contributed by atoms with E-state index in [-0.39, 0.29) is 23.1 Å². The van der Waals surface area contributed by atoms with Crippen LogP contribution in [0.4, 0.5) is 17.6 Å². The van der Waals surface area contributed by atoms with Crippen molar-refractivity contribution in [2.75, 3.05) is 0 Å². The zero-order valence-electron chi connectivity index (χ0n) is 10.5. The van der Waals surface area contributed by atoms with Crippen LogP contribution in [0.5, 0.6) is 0 Å². The van der Waals surface area contributed by atoms with Crippen molar-refractivity contribution in [1.29, 1.82) is 0 Å². The van der Waals surface area contributed by atoms with Gasteiger partial charge in [-0.25, -0.2) is 17.6 Å². The maximum Gasteiger partial charge on any atom is 0.129 e. The molecule has 2 aromatic carbocycles. The van der Waals surface area contributed by atoms with Crippen molar-refractivity contribution < 1.29 is 17.6 Å². The van der Waals surface area contributed by atoms with Crippen LogP contribution in [-0.4, -0.2) is 0 Å². The molecule has 0 spiro atoms. The van der Waals surface area contributed by atoms with Crippen LogP contribution in [0.3, 0.4) is 0 Å². The van der Waals surface area contributed by atoms with Crippen molar-refractivity contribution in [1.82, 2.24) is 0 Å². The lowest BCUT2D eigenvalue weighted by Crippen LogP contribution is -2.00. The first-order valence-electron chi connectivity index (χ1n) is 5.77. The van der Waals surface area contributed by atoms with Crippen molar-refractivity contribution in [2.45, 2.75) is 20.3 Å². The fourth-order valence-electron chi connectivity index (χ4n) is 1.90. The molecule has 0 fully saturated rings. The molecule has 0 bridgehead atoms. The first-order chi connectivity index (χ1) is 8.88. The Morgan fingerprint density at radius 2 is 1.21 bits per heavy atom. The summed E-state index contributed by atoms with van der Waals surface area (Å²) in [7, 11) is 0. The molecule has 19 heavy (non-hydrogen) atoms. The molecule has 0 saturated heterocycles. The molecule has 0 atom stereocenters. The molecule has 0 saturated carbocycles. The maximum absolute atomic E-state index is 13.6. The van der Waals surface area contributed by atoms with Gasteiger partial charge in [-0.1, -0.05) is 0 Å². The van der Waals surface area contributed by atoms with Crippen LogP contribution in [0.25, 0.3) is 0 Å². The normalized spacial score (nSPS) is 10.8. The Morgan fingerprint density at radius 1 is 0.737 bits per heavy atom. The summed E-state index contributed by atoms with van der Waals surface area (Å²) in [6.07, 6.45) is -0.188. The maximum atomic E-state index is 13.6. The van der Waals surface area contributed by atoms with E-state index in [1.165, 1.54) is 19.1 Å². The van der Waals surface area contributed by atoms with Gasteiger partial charge in [0.2, 0.25) is 0 Å². The summed E-state index contributed by atoms with van der Waals surface area (Å²) >= 11 is 0. The lowest BCUT2D eigenvalue weighted by molar-refractivity contribution is 0.552. The van der Waals surface area contributed by atoms with E-state index in [0.717, 1.165) is 12.1 Å². The van der Waals surface area contributed by atoms with Gasteiger partial charge in [-0.3, -0.25) is 0 Å².